The maximum Gasteiger partial charge on any atom is 0.254 e. The van der Waals surface area contributed by atoms with Gasteiger partial charge in [0.1, 0.15) is 5.76 Å². The van der Waals surface area contributed by atoms with Gasteiger partial charge < -0.3 is 14.6 Å². The number of carbonyl (C=O) groups excluding carboxylic acids is 2. The maximum atomic E-state index is 13.0. The van der Waals surface area contributed by atoms with Gasteiger partial charge in [0, 0.05) is 23.2 Å². The van der Waals surface area contributed by atoms with Crippen molar-refractivity contribution in [1.82, 2.24) is 4.90 Å². The molecule has 1 atom stereocenters. The van der Waals surface area contributed by atoms with Crippen LogP contribution in [-0.4, -0.2) is 23.3 Å². The van der Waals surface area contributed by atoms with Gasteiger partial charge in [-0.1, -0.05) is 19.1 Å². The average Bonchev–Trinajstić information content (AvgIpc) is 3.06. The van der Waals surface area contributed by atoms with Crippen LogP contribution in [0.3, 0.4) is 0 Å². The van der Waals surface area contributed by atoms with E-state index in [0.717, 1.165) is 25.1 Å². The molecule has 2 aromatic rings. The van der Waals surface area contributed by atoms with Crippen LogP contribution in [0.15, 0.2) is 59.7 Å². The van der Waals surface area contributed by atoms with E-state index in [9.17, 15) is 9.59 Å². The molecule has 1 spiro atoms. The van der Waals surface area contributed by atoms with Gasteiger partial charge in [0.2, 0.25) is 5.91 Å². The molecule has 1 N–H and O–H groups in total. The van der Waals surface area contributed by atoms with Crippen LogP contribution < -0.4 is 5.32 Å². The fourth-order valence-electron chi connectivity index (χ4n) is 3.98. The minimum absolute atomic E-state index is 0.00942. The first-order valence-corrected chi connectivity index (χ1v) is 8.51. The number of rotatable bonds is 4. The summed E-state index contributed by atoms with van der Waals surface area (Å²) in [7, 11) is 0. The van der Waals surface area contributed by atoms with Gasteiger partial charge in [-0.05, 0) is 49.2 Å². The molecule has 1 saturated heterocycles. The van der Waals surface area contributed by atoms with Gasteiger partial charge in [0.15, 0.2) is 0 Å². The van der Waals surface area contributed by atoms with Crippen LogP contribution in [0.1, 0.15) is 41.4 Å². The molecule has 1 unspecified atom stereocenters. The number of hydrogen-bond donors (Lipinski definition) is 1. The van der Waals surface area contributed by atoms with Crippen LogP contribution in [0.5, 0.6) is 0 Å². The number of nitrogens with one attached hydrogen (secondary N) is 1. The van der Waals surface area contributed by atoms with Gasteiger partial charge in [-0.2, -0.15) is 0 Å². The van der Waals surface area contributed by atoms with Gasteiger partial charge in [-0.15, -0.1) is 0 Å². The summed E-state index contributed by atoms with van der Waals surface area (Å²) in [5.74, 6) is 0.527. The maximum absolute atomic E-state index is 13.0. The molecule has 1 aromatic heterocycles. The van der Waals surface area contributed by atoms with Crippen LogP contribution in [0, 0.1) is 5.41 Å². The van der Waals surface area contributed by atoms with E-state index in [1.54, 1.807) is 30.5 Å². The molecule has 25 heavy (non-hydrogen) atoms. The number of anilines is 1. The lowest BCUT2D eigenvalue weighted by Gasteiger charge is -2.61. The highest BCUT2D eigenvalue weighted by Gasteiger charge is 2.59. The second kappa shape index (κ2) is 5.92. The Morgan fingerprint density at radius 2 is 2.12 bits per heavy atom. The molecule has 2 amide bonds. The van der Waals surface area contributed by atoms with Gasteiger partial charge in [-0.25, -0.2) is 0 Å². The second-order valence-corrected chi connectivity index (χ2v) is 6.84. The predicted octanol–water partition coefficient (Wildman–Crippen LogP) is 3.77. The summed E-state index contributed by atoms with van der Waals surface area (Å²) in [6.07, 6.45) is 6.35. The summed E-state index contributed by atoms with van der Waals surface area (Å²) in [6, 6.07) is 10.8. The van der Waals surface area contributed by atoms with Gasteiger partial charge in [0.25, 0.3) is 5.91 Å². The van der Waals surface area contributed by atoms with Crippen molar-refractivity contribution < 1.29 is 14.0 Å². The zero-order valence-electron chi connectivity index (χ0n) is 13.9. The lowest BCUT2D eigenvalue weighted by Crippen LogP contribution is -2.63. The second-order valence-electron chi connectivity index (χ2n) is 6.84. The van der Waals surface area contributed by atoms with Crippen molar-refractivity contribution in [1.29, 1.82) is 0 Å². The molecule has 1 saturated carbocycles. The Bertz CT molecular complexity index is 821. The zero-order chi connectivity index (χ0) is 17.4. The third-order valence-electron chi connectivity index (χ3n) is 5.36. The molecular formula is C20H20N2O3. The largest absolute Gasteiger partial charge is 0.467 e. The van der Waals surface area contributed by atoms with E-state index in [4.69, 9.17) is 4.42 Å². The Labute approximate surface area is 146 Å². The molecule has 1 aliphatic carbocycles. The van der Waals surface area contributed by atoms with Crippen LogP contribution in [0.25, 0.3) is 0 Å². The Morgan fingerprint density at radius 1 is 1.28 bits per heavy atom. The van der Waals surface area contributed by atoms with Crippen molar-refractivity contribution in [2.75, 3.05) is 11.9 Å². The summed E-state index contributed by atoms with van der Waals surface area (Å²) in [5.41, 5.74) is 1.33. The summed E-state index contributed by atoms with van der Waals surface area (Å²) in [4.78, 5) is 26.4. The monoisotopic (exact) mass is 336 g/mol. The SMILES string of the molecule is C=CC(=O)Nc1cccc(C(=O)N2CC3(CCC3)C2c2ccco2)c1. The van der Waals surface area contributed by atoms with Crippen molar-refractivity contribution in [3.8, 4) is 0 Å². The highest BCUT2D eigenvalue weighted by atomic mass is 16.3. The van der Waals surface area contributed by atoms with Crippen molar-refractivity contribution in [2.45, 2.75) is 25.3 Å². The fraction of sp³-hybridized carbons (Fsp3) is 0.300. The molecule has 4 rings (SSSR count). The average molecular weight is 336 g/mol. The minimum atomic E-state index is -0.296. The number of furan rings is 1. The molecule has 1 aliphatic heterocycles. The number of hydrogen-bond acceptors (Lipinski definition) is 3. The third kappa shape index (κ3) is 2.56. The minimum Gasteiger partial charge on any atom is -0.467 e. The number of nitrogens with zero attached hydrogens (tertiary/aromatic N) is 1. The quantitative estimate of drug-likeness (QED) is 0.865. The molecule has 2 fully saturated rings. The van der Waals surface area contributed by atoms with Crippen LogP contribution in [0.4, 0.5) is 5.69 Å². The van der Waals surface area contributed by atoms with Crippen molar-refractivity contribution >= 4 is 17.5 Å². The van der Waals surface area contributed by atoms with Crippen molar-refractivity contribution in [3.63, 3.8) is 0 Å². The van der Waals surface area contributed by atoms with Crippen LogP contribution in [-0.2, 0) is 4.79 Å². The Morgan fingerprint density at radius 3 is 2.76 bits per heavy atom. The lowest BCUT2D eigenvalue weighted by atomic mass is 9.57. The first-order chi connectivity index (χ1) is 12.1. The summed E-state index contributed by atoms with van der Waals surface area (Å²) in [5, 5.41) is 2.69. The standard InChI is InChI=1S/C20H20N2O3/c1-2-17(23)21-15-7-3-6-14(12-15)19(24)22-13-20(9-5-10-20)18(22)16-8-4-11-25-16/h2-4,6-8,11-12,18H,1,5,9-10,13H2,(H,21,23). The van der Waals surface area contributed by atoms with E-state index >= 15 is 0 Å². The van der Waals surface area contributed by atoms with E-state index in [-0.39, 0.29) is 23.3 Å². The summed E-state index contributed by atoms with van der Waals surface area (Å²) < 4.78 is 5.61. The predicted molar refractivity (Wildman–Crippen MR) is 94.0 cm³/mol. The molecule has 128 valence electrons. The van der Waals surface area contributed by atoms with E-state index in [1.807, 2.05) is 17.0 Å². The van der Waals surface area contributed by atoms with Gasteiger partial charge in [-0.3, -0.25) is 9.59 Å². The van der Waals surface area contributed by atoms with E-state index < -0.39 is 0 Å². The van der Waals surface area contributed by atoms with Gasteiger partial charge >= 0.3 is 0 Å². The number of amides is 2. The highest BCUT2D eigenvalue weighted by Crippen LogP contribution is 2.60. The third-order valence-corrected chi connectivity index (χ3v) is 5.36. The molecule has 5 heteroatoms. The molecule has 0 radical (unpaired) electrons. The summed E-state index contributed by atoms with van der Waals surface area (Å²) >= 11 is 0. The fourth-order valence-corrected chi connectivity index (χ4v) is 3.98. The molecular weight excluding hydrogens is 316 g/mol. The Hall–Kier alpha value is -2.82. The Balaban J connectivity index is 1.57. The van der Waals surface area contributed by atoms with Gasteiger partial charge in [0.05, 0.1) is 12.3 Å². The number of likely N-dealkylation sites (tertiary alicyclic amines) is 1. The molecule has 2 aliphatic rings. The number of carbonyl (C=O) groups is 2. The van der Waals surface area contributed by atoms with Crippen LogP contribution in [0.2, 0.25) is 0 Å². The van der Waals surface area contributed by atoms with Crippen molar-refractivity contribution in [2.24, 2.45) is 5.41 Å². The number of benzene rings is 1. The smallest absolute Gasteiger partial charge is 0.254 e. The first-order valence-electron chi connectivity index (χ1n) is 8.51. The summed E-state index contributed by atoms with van der Waals surface area (Å²) in [6.45, 7) is 4.20. The lowest BCUT2D eigenvalue weighted by molar-refractivity contribution is -0.113. The first kappa shape index (κ1) is 15.7. The zero-order valence-corrected chi connectivity index (χ0v) is 13.9. The normalized spacial score (nSPS) is 20.5. The van der Waals surface area contributed by atoms with E-state index in [1.165, 1.54) is 12.5 Å². The van der Waals surface area contributed by atoms with E-state index in [2.05, 4.69) is 11.9 Å². The topological polar surface area (TPSA) is 62.6 Å². The highest BCUT2D eigenvalue weighted by molar-refractivity contribution is 6.01. The van der Waals surface area contributed by atoms with Crippen molar-refractivity contribution in [3.05, 3.63) is 66.6 Å². The van der Waals surface area contributed by atoms with E-state index in [0.29, 0.717) is 11.3 Å². The molecule has 1 aromatic carbocycles. The Kier molecular flexibility index (Phi) is 3.71. The van der Waals surface area contributed by atoms with Crippen LogP contribution >= 0.6 is 0 Å². The molecule has 5 nitrogen and oxygen atoms in total. The molecule has 0 bridgehead atoms. The molecule has 2 heterocycles.